The maximum absolute atomic E-state index is 14.9. The minimum Gasteiger partial charge on any atom is -0.481 e. The molecule has 3 unspecified atom stereocenters. The molecule has 39 heavy (non-hydrogen) atoms. The maximum Gasteiger partial charge on any atom is 0.310 e. The first kappa shape index (κ1) is 29.3. The van der Waals surface area contributed by atoms with Crippen LogP contribution >= 0.6 is 0 Å². The zero-order valence-corrected chi connectivity index (χ0v) is 24.3. The van der Waals surface area contributed by atoms with Crippen molar-refractivity contribution < 1.29 is 29.3 Å². The number of aliphatic hydroxyl groups excluding tert-OH is 1. The molecule has 3 fully saturated rings. The fourth-order valence-corrected chi connectivity index (χ4v) is 8.00. The number of ether oxygens (including phenoxy) is 1. The van der Waals surface area contributed by atoms with Crippen molar-refractivity contribution in [3.63, 3.8) is 0 Å². The third-order valence-corrected chi connectivity index (χ3v) is 9.22. The lowest BCUT2D eigenvalue weighted by Gasteiger charge is -2.46. The first-order valence-electron chi connectivity index (χ1n) is 13.9. The molecule has 3 aliphatic heterocycles. The van der Waals surface area contributed by atoms with Gasteiger partial charge in [0, 0.05) is 12.1 Å². The van der Waals surface area contributed by atoms with Crippen molar-refractivity contribution in [3.05, 3.63) is 48.6 Å². The monoisotopic (exact) mass is 540 g/mol. The minimum absolute atomic E-state index is 0.0917. The summed E-state index contributed by atoms with van der Waals surface area (Å²) in [5.41, 5.74) is -2.42. The van der Waals surface area contributed by atoms with Crippen LogP contribution in [0.25, 0.3) is 0 Å². The molecule has 0 aliphatic carbocycles. The number of carboxylic acids is 1. The summed E-state index contributed by atoms with van der Waals surface area (Å²) in [5.74, 6) is -4.17. The molecule has 0 radical (unpaired) electrons. The van der Waals surface area contributed by atoms with E-state index in [1.165, 1.54) is 4.90 Å². The van der Waals surface area contributed by atoms with Crippen LogP contribution in [-0.2, 0) is 19.1 Å². The Balaban J connectivity index is 1.92. The number of carbonyl (C=O) groups excluding carboxylic acids is 2. The quantitative estimate of drug-likeness (QED) is 0.458. The van der Waals surface area contributed by atoms with Crippen LogP contribution in [0.2, 0.25) is 0 Å². The molecule has 2 bridgehead atoms. The lowest BCUT2D eigenvalue weighted by Crippen LogP contribution is -2.61. The van der Waals surface area contributed by atoms with Crippen LogP contribution < -0.4 is 0 Å². The van der Waals surface area contributed by atoms with E-state index in [1.54, 1.807) is 17.9 Å². The van der Waals surface area contributed by atoms with E-state index in [0.29, 0.717) is 18.4 Å². The highest BCUT2D eigenvalue weighted by Gasteiger charge is 2.80. The molecular weight excluding hydrogens is 496 g/mol. The third kappa shape index (κ3) is 4.49. The van der Waals surface area contributed by atoms with Crippen LogP contribution in [0.1, 0.15) is 72.9 Å². The third-order valence-electron chi connectivity index (χ3n) is 9.22. The van der Waals surface area contributed by atoms with Crippen molar-refractivity contribution in [1.82, 2.24) is 9.80 Å². The van der Waals surface area contributed by atoms with Crippen molar-refractivity contribution in [3.8, 4) is 0 Å². The predicted molar refractivity (Wildman–Crippen MR) is 148 cm³/mol. The molecule has 7 atom stereocenters. The molecule has 0 aromatic heterocycles. The van der Waals surface area contributed by atoms with Gasteiger partial charge in [-0.05, 0) is 50.5 Å². The Morgan fingerprint density at radius 1 is 1.23 bits per heavy atom. The second-order valence-electron chi connectivity index (χ2n) is 13.7. The van der Waals surface area contributed by atoms with Crippen LogP contribution in [0.5, 0.6) is 0 Å². The normalized spacial score (nSPS) is 32.7. The van der Waals surface area contributed by atoms with Crippen LogP contribution in [-0.4, -0.2) is 73.7 Å². The number of hydrogen-bond acceptors (Lipinski definition) is 5. The number of aliphatic hydroxyl groups is 1. The van der Waals surface area contributed by atoms with E-state index < -0.39 is 59.1 Å². The summed E-state index contributed by atoms with van der Waals surface area (Å²) >= 11 is 0. The van der Waals surface area contributed by atoms with Gasteiger partial charge in [-0.3, -0.25) is 14.4 Å². The Labute approximate surface area is 232 Å². The molecule has 2 amide bonds. The maximum atomic E-state index is 14.9. The number of nitrogens with zero attached hydrogens (tertiary/aromatic N) is 2. The van der Waals surface area contributed by atoms with Gasteiger partial charge in [0.2, 0.25) is 11.8 Å². The van der Waals surface area contributed by atoms with E-state index >= 15 is 0 Å². The Morgan fingerprint density at radius 2 is 1.85 bits per heavy atom. The second-order valence-corrected chi connectivity index (χ2v) is 13.7. The topological polar surface area (TPSA) is 107 Å². The van der Waals surface area contributed by atoms with E-state index in [-0.39, 0.29) is 23.8 Å². The number of likely N-dealkylation sites (tertiary alicyclic amines) is 1. The number of hydrogen-bond donors (Lipinski definition) is 2. The van der Waals surface area contributed by atoms with E-state index in [1.807, 2.05) is 51.1 Å². The van der Waals surface area contributed by atoms with Gasteiger partial charge >= 0.3 is 5.97 Å². The van der Waals surface area contributed by atoms with Gasteiger partial charge in [-0.15, -0.1) is 6.58 Å². The standard InChI is InChI=1S/C31H44N2O6/c1-9-15-32(29(6,7)18-28(3,4)5)26(36)24-31-16-19(2)30(8,39-31)23(27(37)38)22(31)25(35)33(24)21(17-34)20-13-11-10-12-14-20/h9-14,19,21-24,34H,1,15-18H2,2-8H3,(H,37,38)/t19?,21-,22+,23+,24?,30-,31?/m1/s1. The molecule has 3 aliphatic rings. The summed E-state index contributed by atoms with van der Waals surface area (Å²) in [4.78, 5) is 45.1. The van der Waals surface area contributed by atoms with Gasteiger partial charge in [0.1, 0.15) is 17.6 Å². The number of fused-ring (bicyclic) bond motifs is 1. The Bertz CT molecular complexity index is 1140. The molecular formula is C31H44N2O6. The number of carboxylic acid groups (broad SMARTS) is 1. The predicted octanol–water partition coefficient (Wildman–Crippen LogP) is 4.04. The average Bonchev–Trinajstić information content (AvgIpc) is 3.34. The van der Waals surface area contributed by atoms with Crippen molar-refractivity contribution in [2.45, 2.75) is 90.1 Å². The molecule has 8 heteroatoms. The zero-order chi connectivity index (χ0) is 29.1. The molecule has 1 aromatic rings. The SMILES string of the molecule is C=CCN(C(=O)C1N([C@H](CO)c2ccccc2)C(=O)[C@@H]2[C@@H](C(=O)O)[C@]3(C)OC12CC3C)C(C)(C)CC(C)(C)C. The van der Waals surface area contributed by atoms with Crippen LogP contribution in [0.4, 0.5) is 0 Å². The Hall–Kier alpha value is -2.71. The zero-order valence-electron chi connectivity index (χ0n) is 24.3. The number of carbonyl (C=O) groups is 3. The highest BCUT2D eigenvalue weighted by Crippen LogP contribution is 2.66. The van der Waals surface area contributed by atoms with Gasteiger partial charge in [-0.2, -0.15) is 0 Å². The van der Waals surface area contributed by atoms with Crippen molar-refractivity contribution in [2.24, 2.45) is 23.2 Å². The fraction of sp³-hybridized carbons (Fsp3) is 0.645. The largest absolute Gasteiger partial charge is 0.481 e. The van der Waals surface area contributed by atoms with Crippen LogP contribution in [0.3, 0.4) is 0 Å². The first-order valence-corrected chi connectivity index (χ1v) is 13.9. The lowest BCUT2D eigenvalue weighted by molar-refractivity contribution is -0.162. The lowest BCUT2D eigenvalue weighted by atomic mass is 9.62. The highest BCUT2D eigenvalue weighted by molar-refractivity contribution is 5.99. The van der Waals surface area contributed by atoms with Gasteiger partial charge in [0.25, 0.3) is 0 Å². The van der Waals surface area contributed by atoms with E-state index in [4.69, 9.17) is 4.74 Å². The molecule has 2 N–H and O–H groups in total. The summed E-state index contributed by atoms with van der Waals surface area (Å²) < 4.78 is 6.67. The molecule has 3 heterocycles. The average molecular weight is 541 g/mol. The fourth-order valence-electron chi connectivity index (χ4n) is 8.00. The van der Waals surface area contributed by atoms with Gasteiger partial charge in [-0.25, -0.2) is 0 Å². The molecule has 8 nitrogen and oxygen atoms in total. The smallest absolute Gasteiger partial charge is 0.310 e. The Morgan fingerprint density at radius 3 is 2.36 bits per heavy atom. The Kier molecular flexibility index (Phi) is 7.31. The summed E-state index contributed by atoms with van der Waals surface area (Å²) in [6.45, 7) is 17.8. The second kappa shape index (κ2) is 9.73. The summed E-state index contributed by atoms with van der Waals surface area (Å²) in [6.07, 6.45) is 2.74. The first-order chi connectivity index (χ1) is 18.1. The van der Waals surface area contributed by atoms with Gasteiger partial charge in [-0.1, -0.05) is 64.1 Å². The van der Waals surface area contributed by atoms with Crippen LogP contribution in [0.15, 0.2) is 43.0 Å². The van der Waals surface area contributed by atoms with Crippen molar-refractivity contribution in [2.75, 3.05) is 13.2 Å². The number of benzene rings is 1. The van der Waals surface area contributed by atoms with Crippen LogP contribution in [0, 0.1) is 23.2 Å². The highest BCUT2D eigenvalue weighted by atomic mass is 16.5. The summed E-state index contributed by atoms with van der Waals surface area (Å²) in [7, 11) is 0. The van der Waals surface area contributed by atoms with E-state index in [2.05, 4.69) is 27.4 Å². The minimum atomic E-state index is -1.31. The molecule has 1 aromatic carbocycles. The van der Waals surface area contributed by atoms with Crippen molar-refractivity contribution in [1.29, 1.82) is 0 Å². The molecule has 214 valence electrons. The van der Waals surface area contributed by atoms with Gasteiger partial charge in [0.05, 0.1) is 24.2 Å². The number of rotatable bonds is 9. The number of aliphatic carboxylic acids is 1. The summed E-state index contributed by atoms with van der Waals surface area (Å²) in [6, 6.07) is 7.16. The molecule has 4 rings (SSSR count). The number of amides is 2. The molecule has 3 saturated heterocycles. The van der Waals surface area contributed by atoms with E-state index in [9.17, 15) is 24.6 Å². The molecule has 1 spiro atoms. The van der Waals surface area contributed by atoms with Gasteiger partial charge < -0.3 is 24.7 Å². The van der Waals surface area contributed by atoms with Gasteiger partial charge in [0.15, 0.2) is 0 Å². The van der Waals surface area contributed by atoms with E-state index in [0.717, 1.165) is 0 Å². The van der Waals surface area contributed by atoms with Crippen molar-refractivity contribution >= 4 is 17.8 Å². The molecule has 0 saturated carbocycles. The summed E-state index contributed by atoms with van der Waals surface area (Å²) in [5, 5.41) is 21.0.